The smallest absolute Gasteiger partial charge is 0.405 e. The Kier molecular flexibility index (Phi) is 5.57. The van der Waals surface area contributed by atoms with E-state index in [9.17, 15) is 18.0 Å². The number of amides is 1. The molecule has 10 heteroatoms. The first-order chi connectivity index (χ1) is 10.4. The van der Waals surface area contributed by atoms with Gasteiger partial charge in [0, 0.05) is 0 Å². The second-order valence-electron chi connectivity index (χ2n) is 4.86. The molecule has 124 valence electrons. The van der Waals surface area contributed by atoms with Gasteiger partial charge in [-0.05, 0) is 26.3 Å². The summed E-state index contributed by atoms with van der Waals surface area (Å²) in [6.07, 6.45) is -3.09. The number of nitrogens with zero attached hydrogens (tertiary/aromatic N) is 3. The molecule has 0 bridgehead atoms. The first kappa shape index (κ1) is 16.9. The fourth-order valence-electron chi connectivity index (χ4n) is 2.28. The standard InChI is InChI=1S/C12H17F3N4O2S/c1-2-21-11-18-17-9(22-11)6-19-5-3-4-8(19)10(20)16-7-12(13,14)15/h8H,2-7H2,1H3,(H,16,20)/t8-/m1/s1. The number of carbonyl (C=O) groups excluding carboxylic acids is 1. The largest absolute Gasteiger partial charge is 0.469 e. The zero-order valence-corrected chi connectivity index (χ0v) is 12.8. The fraction of sp³-hybridized carbons (Fsp3) is 0.750. The van der Waals surface area contributed by atoms with Crippen LogP contribution in [-0.2, 0) is 11.3 Å². The van der Waals surface area contributed by atoms with Gasteiger partial charge in [-0.2, -0.15) is 13.2 Å². The van der Waals surface area contributed by atoms with Crippen molar-refractivity contribution in [2.75, 3.05) is 19.7 Å². The van der Waals surface area contributed by atoms with Crippen molar-refractivity contribution >= 4 is 17.2 Å². The van der Waals surface area contributed by atoms with E-state index in [1.807, 2.05) is 17.1 Å². The van der Waals surface area contributed by atoms with Crippen LogP contribution in [0.5, 0.6) is 5.19 Å². The summed E-state index contributed by atoms with van der Waals surface area (Å²) in [4.78, 5) is 13.7. The Morgan fingerprint density at radius 1 is 1.50 bits per heavy atom. The predicted octanol–water partition coefficient (Wildman–Crippen LogP) is 1.58. The van der Waals surface area contributed by atoms with Crippen molar-refractivity contribution in [1.29, 1.82) is 0 Å². The number of alkyl halides is 3. The van der Waals surface area contributed by atoms with E-state index in [4.69, 9.17) is 4.74 Å². The SMILES string of the molecule is CCOc1nnc(CN2CCC[C@@H]2C(=O)NCC(F)(F)F)s1. The lowest BCUT2D eigenvalue weighted by Gasteiger charge is -2.22. The Hall–Kier alpha value is -1.42. The van der Waals surface area contributed by atoms with Crippen LogP contribution in [0.2, 0.25) is 0 Å². The van der Waals surface area contributed by atoms with Crippen molar-refractivity contribution < 1.29 is 22.7 Å². The molecule has 1 amide bonds. The van der Waals surface area contributed by atoms with Gasteiger partial charge in [0.1, 0.15) is 11.6 Å². The van der Waals surface area contributed by atoms with Gasteiger partial charge in [-0.1, -0.05) is 11.3 Å². The summed E-state index contributed by atoms with van der Waals surface area (Å²) in [5.74, 6) is -0.593. The van der Waals surface area contributed by atoms with Crippen molar-refractivity contribution in [3.63, 3.8) is 0 Å². The molecule has 0 spiro atoms. The summed E-state index contributed by atoms with van der Waals surface area (Å²) in [5.41, 5.74) is 0. The molecule has 1 aromatic rings. The van der Waals surface area contributed by atoms with E-state index in [-0.39, 0.29) is 0 Å². The van der Waals surface area contributed by atoms with Gasteiger partial charge < -0.3 is 10.1 Å². The molecule has 1 aliphatic heterocycles. The van der Waals surface area contributed by atoms with Crippen LogP contribution in [0.1, 0.15) is 24.8 Å². The summed E-state index contributed by atoms with van der Waals surface area (Å²) in [6, 6.07) is -0.554. The molecule has 2 rings (SSSR count). The van der Waals surface area contributed by atoms with Crippen molar-refractivity contribution in [1.82, 2.24) is 20.4 Å². The minimum atomic E-state index is -4.40. The Morgan fingerprint density at radius 3 is 2.95 bits per heavy atom. The Labute approximate surface area is 129 Å². The predicted molar refractivity (Wildman–Crippen MR) is 73.6 cm³/mol. The lowest BCUT2D eigenvalue weighted by molar-refractivity contribution is -0.141. The van der Waals surface area contributed by atoms with Crippen LogP contribution in [0.3, 0.4) is 0 Å². The topological polar surface area (TPSA) is 67.4 Å². The summed E-state index contributed by atoms with van der Waals surface area (Å²) in [6.45, 7) is 2.05. The van der Waals surface area contributed by atoms with Gasteiger partial charge in [-0.25, -0.2) is 0 Å². The van der Waals surface area contributed by atoms with E-state index >= 15 is 0 Å². The number of carbonyl (C=O) groups is 1. The van der Waals surface area contributed by atoms with Gasteiger partial charge in [0.15, 0.2) is 0 Å². The summed E-state index contributed by atoms with van der Waals surface area (Å²) >= 11 is 1.28. The van der Waals surface area contributed by atoms with E-state index < -0.39 is 24.7 Å². The first-order valence-electron chi connectivity index (χ1n) is 6.92. The Balaban J connectivity index is 1.90. The lowest BCUT2D eigenvalue weighted by Crippen LogP contribution is -2.45. The quantitative estimate of drug-likeness (QED) is 0.853. The molecule has 0 radical (unpaired) electrons. The Morgan fingerprint density at radius 2 is 2.27 bits per heavy atom. The summed E-state index contributed by atoms with van der Waals surface area (Å²) < 4.78 is 41.7. The molecule has 1 aromatic heterocycles. The average Bonchev–Trinajstić information content (AvgIpc) is 3.06. The second-order valence-corrected chi connectivity index (χ2v) is 5.88. The maximum Gasteiger partial charge on any atom is 0.405 e. The van der Waals surface area contributed by atoms with Crippen LogP contribution in [-0.4, -0.2) is 52.9 Å². The number of halogens is 3. The molecule has 0 saturated carbocycles. The number of rotatable bonds is 6. The van der Waals surface area contributed by atoms with Crippen LogP contribution in [0.4, 0.5) is 13.2 Å². The van der Waals surface area contributed by atoms with E-state index in [1.165, 1.54) is 11.3 Å². The van der Waals surface area contributed by atoms with Crippen LogP contribution < -0.4 is 10.1 Å². The number of aromatic nitrogens is 2. The van der Waals surface area contributed by atoms with Gasteiger partial charge >= 0.3 is 6.18 Å². The van der Waals surface area contributed by atoms with Gasteiger partial charge in [0.05, 0.1) is 19.2 Å². The van der Waals surface area contributed by atoms with Gasteiger partial charge in [-0.15, -0.1) is 10.2 Å². The number of likely N-dealkylation sites (tertiary alicyclic amines) is 1. The molecule has 6 nitrogen and oxygen atoms in total. The fourth-order valence-corrected chi connectivity index (χ4v) is 3.05. The van der Waals surface area contributed by atoms with Gasteiger partial charge in [0.2, 0.25) is 5.91 Å². The number of hydrogen-bond acceptors (Lipinski definition) is 6. The third-order valence-corrected chi connectivity index (χ3v) is 4.00. The van der Waals surface area contributed by atoms with Crippen molar-refractivity contribution in [3.8, 4) is 5.19 Å². The maximum atomic E-state index is 12.2. The third-order valence-electron chi connectivity index (χ3n) is 3.18. The molecule has 22 heavy (non-hydrogen) atoms. The molecular formula is C12H17F3N4O2S. The molecule has 2 heterocycles. The molecule has 0 unspecified atom stereocenters. The zero-order valence-electron chi connectivity index (χ0n) is 12.0. The van der Waals surface area contributed by atoms with Crippen LogP contribution in [0, 0.1) is 0 Å². The molecule has 1 fully saturated rings. The molecule has 0 aliphatic carbocycles. The minimum absolute atomic E-state index is 0.384. The highest BCUT2D eigenvalue weighted by Gasteiger charge is 2.34. The lowest BCUT2D eigenvalue weighted by atomic mass is 10.2. The van der Waals surface area contributed by atoms with E-state index in [1.54, 1.807) is 0 Å². The highest BCUT2D eigenvalue weighted by Crippen LogP contribution is 2.24. The van der Waals surface area contributed by atoms with Crippen LogP contribution >= 0.6 is 11.3 Å². The highest BCUT2D eigenvalue weighted by molar-refractivity contribution is 7.13. The molecule has 1 N–H and O–H groups in total. The minimum Gasteiger partial charge on any atom is -0.469 e. The summed E-state index contributed by atoms with van der Waals surface area (Å²) in [5, 5.41) is 10.9. The molecular weight excluding hydrogens is 321 g/mol. The summed E-state index contributed by atoms with van der Waals surface area (Å²) in [7, 11) is 0. The molecule has 1 saturated heterocycles. The van der Waals surface area contributed by atoms with E-state index in [0.29, 0.717) is 36.3 Å². The van der Waals surface area contributed by atoms with E-state index in [2.05, 4.69) is 10.2 Å². The monoisotopic (exact) mass is 338 g/mol. The van der Waals surface area contributed by atoms with Crippen LogP contribution in [0.15, 0.2) is 0 Å². The zero-order chi connectivity index (χ0) is 16.2. The van der Waals surface area contributed by atoms with Crippen molar-refractivity contribution in [2.45, 2.75) is 38.5 Å². The number of nitrogens with one attached hydrogen (secondary N) is 1. The molecule has 1 atom stereocenters. The second kappa shape index (κ2) is 7.23. The third kappa shape index (κ3) is 4.80. The van der Waals surface area contributed by atoms with Gasteiger partial charge in [0.25, 0.3) is 5.19 Å². The maximum absolute atomic E-state index is 12.2. The molecule has 0 aromatic carbocycles. The first-order valence-corrected chi connectivity index (χ1v) is 7.74. The average molecular weight is 338 g/mol. The normalized spacial score (nSPS) is 19.4. The molecule has 1 aliphatic rings. The van der Waals surface area contributed by atoms with Gasteiger partial charge in [-0.3, -0.25) is 9.69 Å². The highest BCUT2D eigenvalue weighted by atomic mass is 32.1. The van der Waals surface area contributed by atoms with E-state index in [0.717, 1.165) is 6.42 Å². The van der Waals surface area contributed by atoms with Crippen molar-refractivity contribution in [3.05, 3.63) is 5.01 Å². The number of hydrogen-bond donors (Lipinski definition) is 1. The van der Waals surface area contributed by atoms with Crippen molar-refractivity contribution in [2.24, 2.45) is 0 Å². The van der Waals surface area contributed by atoms with Crippen LogP contribution in [0.25, 0.3) is 0 Å². The Bertz CT molecular complexity index is 509. The number of ether oxygens (including phenoxy) is 1.